The highest BCUT2D eigenvalue weighted by Crippen LogP contribution is 2.31. The molecular weight excluding hydrogens is 400 g/mol. The van der Waals surface area contributed by atoms with Gasteiger partial charge in [-0.15, -0.1) is 0 Å². The first-order valence-corrected chi connectivity index (χ1v) is 11.6. The van der Waals surface area contributed by atoms with Gasteiger partial charge in [-0.1, -0.05) is 19.3 Å². The Morgan fingerprint density at radius 1 is 1.16 bits per heavy atom. The molecular formula is C25H30N6O. The van der Waals surface area contributed by atoms with Crippen LogP contribution in [0.4, 0.5) is 11.6 Å². The zero-order chi connectivity index (χ0) is 21.9. The summed E-state index contributed by atoms with van der Waals surface area (Å²) in [7, 11) is 0. The van der Waals surface area contributed by atoms with Crippen molar-refractivity contribution in [1.82, 2.24) is 20.3 Å². The quantitative estimate of drug-likeness (QED) is 0.637. The molecule has 5 rings (SSSR count). The standard InChI is InChI=1S/C25H30N6O/c1-17(32)23-16-31(12-11-27-23)25-21-8-9-26-15-19(21)13-22(30-25)18-7-10-28-24(14-18)29-20-5-3-2-4-6-20/h7-10,13-15,20,23,27H,2-6,11-12,16H2,1H3,(H,28,29). The van der Waals surface area contributed by atoms with Crippen molar-refractivity contribution in [3.05, 3.63) is 42.9 Å². The van der Waals surface area contributed by atoms with Crippen molar-refractivity contribution in [2.75, 3.05) is 29.9 Å². The van der Waals surface area contributed by atoms with E-state index in [0.29, 0.717) is 12.6 Å². The third kappa shape index (κ3) is 4.43. The molecule has 1 saturated carbocycles. The van der Waals surface area contributed by atoms with Crippen LogP contribution in [-0.2, 0) is 4.79 Å². The maximum atomic E-state index is 12.0. The molecule has 1 atom stereocenters. The molecule has 7 heteroatoms. The van der Waals surface area contributed by atoms with Gasteiger partial charge in [0.05, 0.1) is 11.7 Å². The van der Waals surface area contributed by atoms with E-state index >= 15 is 0 Å². The summed E-state index contributed by atoms with van der Waals surface area (Å²) in [4.78, 5) is 28.2. The third-order valence-corrected chi connectivity index (χ3v) is 6.59. The number of ketones is 1. The summed E-state index contributed by atoms with van der Waals surface area (Å²) in [5, 5.41) is 9.03. The first kappa shape index (κ1) is 20.8. The van der Waals surface area contributed by atoms with Crippen LogP contribution in [0.25, 0.3) is 22.0 Å². The number of fused-ring (bicyclic) bond motifs is 1. The minimum absolute atomic E-state index is 0.157. The van der Waals surface area contributed by atoms with Crippen molar-refractivity contribution in [2.45, 2.75) is 51.1 Å². The van der Waals surface area contributed by atoms with Gasteiger partial charge >= 0.3 is 0 Å². The number of Topliss-reactive ketones (excluding diaryl/α,β-unsaturated/α-hetero) is 1. The van der Waals surface area contributed by atoms with E-state index in [1.54, 1.807) is 13.1 Å². The fraction of sp³-hybridized carbons (Fsp3) is 0.440. The molecule has 2 fully saturated rings. The van der Waals surface area contributed by atoms with Gasteiger partial charge in [0.15, 0.2) is 0 Å². The first-order chi connectivity index (χ1) is 15.7. The van der Waals surface area contributed by atoms with E-state index in [1.165, 1.54) is 32.1 Å². The molecule has 0 bridgehead atoms. The van der Waals surface area contributed by atoms with Gasteiger partial charge in [0.1, 0.15) is 17.4 Å². The molecule has 0 amide bonds. The Balaban J connectivity index is 1.50. The second-order valence-corrected chi connectivity index (χ2v) is 8.90. The minimum atomic E-state index is -0.168. The number of pyridine rings is 3. The Bertz CT molecular complexity index is 1110. The van der Waals surface area contributed by atoms with E-state index in [2.05, 4.69) is 37.6 Å². The highest BCUT2D eigenvalue weighted by Gasteiger charge is 2.25. The summed E-state index contributed by atoms with van der Waals surface area (Å²) in [5.41, 5.74) is 1.93. The summed E-state index contributed by atoms with van der Waals surface area (Å²) in [6.07, 6.45) is 11.9. The van der Waals surface area contributed by atoms with Crippen molar-refractivity contribution in [3.63, 3.8) is 0 Å². The molecule has 3 aromatic heterocycles. The SMILES string of the molecule is CC(=O)C1CN(c2nc(-c3ccnc(NC4CCCCC4)c3)cc3cnccc23)CCN1. The first-order valence-electron chi connectivity index (χ1n) is 11.6. The molecule has 1 aliphatic heterocycles. The molecule has 0 spiro atoms. The van der Waals surface area contributed by atoms with Crippen LogP contribution in [0.2, 0.25) is 0 Å². The van der Waals surface area contributed by atoms with Crippen LogP contribution >= 0.6 is 0 Å². The molecule has 32 heavy (non-hydrogen) atoms. The van der Waals surface area contributed by atoms with Gasteiger partial charge in [0, 0.05) is 60.6 Å². The number of hydrogen-bond acceptors (Lipinski definition) is 7. The van der Waals surface area contributed by atoms with Crippen LogP contribution in [-0.4, -0.2) is 52.5 Å². The van der Waals surface area contributed by atoms with E-state index in [0.717, 1.165) is 46.8 Å². The number of carbonyl (C=O) groups is 1. The van der Waals surface area contributed by atoms with Crippen LogP contribution in [0.1, 0.15) is 39.0 Å². The summed E-state index contributed by atoms with van der Waals surface area (Å²) in [6, 6.07) is 8.54. The summed E-state index contributed by atoms with van der Waals surface area (Å²) < 4.78 is 0. The maximum absolute atomic E-state index is 12.0. The molecule has 2 N–H and O–H groups in total. The van der Waals surface area contributed by atoms with Crippen molar-refractivity contribution >= 4 is 28.2 Å². The van der Waals surface area contributed by atoms with E-state index in [4.69, 9.17) is 4.98 Å². The second-order valence-electron chi connectivity index (χ2n) is 8.90. The van der Waals surface area contributed by atoms with Crippen LogP contribution in [0, 0.1) is 0 Å². The highest BCUT2D eigenvalue weighted by atomic mass is 16.1. The van der Waals surface area contributed by atoms with Gasteiger partial charge in [-0.3, -0.25) is 9.78 Å². The van der Waals surface area contributed by atoms with Crippen molar-refractivity contribution in [1.29, 1.82) is 0 Å². The van der Waals surface area contributed by atoms with Crippen LogP contribution in [0.5, 0.6) is 0 Å². The Hall–Kier alpha value is -3.06. The Morgan fingerprint density at radius 3 is 2.88 bits per heavy atom. The lowest BCUT2D eigenvalue weighted by Crippen LogP contribution is -2.54. The lowest BCUT2D eigenvalue weighted by molar-refractivity contribution is -0.118. The Kier molecular flexibility index (Phi) is 5.99. The molecule has 0 radical (unpaired) electrons. The van der Waals surface area contributed by atoms with E-state index in [1.807, 2.05) is 24.5 Å². The van der Waals surface area contributed by atoms with Crippen LogP contribution in [0.15, 0.2) is 42.9 Å². The second kappa shape index (κ2) is 9.20. The number of carbonyl (C=O) groups excluding carboxylic acids is 1. The maximum Gasteiger partial charge on any atom is 0.148 e. The summed E-state index contributed by atoms with van der Waals surface area (Å²) in [6.45, 7) is 3.83. The number of rotatable bonds is 5. The Morgan fingerprint density at radius 2 is 2.03 bits per heavy atom. The van der Waals surface area contributed by atoms with Gasteiger partial charge in [-0.05, 0) is 44.0 Å². The number of hydrogen-bond donors (Lipinski definition) is 2. The molecule has 1 unspecified atom stereocenters. The van der Waals surface area contributed by atoms with Gasteiger partial charge in [-0.25, -0.2) is 9.97 Å². The average molecular weight is 431 g/mol. The van der Waals surface area contributed by atoms with Gasteiger partial charge in [0.25, 0.3) is 0 Å². The molecule has 1 saturated heterocycles. The molecule has 166 valence electrons. The smallest absolute Gasteiger partial charge is 0.148 e. The van der Waals surface area contributed by atoms with Gasteiger partial charge in [-0.2, -0.15) is 0 Å². The molecule has 7 nitrogen and oxygen atoms in total. The average Bonchev–Trinajstić information content (AvgIpc) is 2.84. The fourth-order valence-corrected chi connectivity index (χ4v) is 4.81. The van der Waals surface area contributed by atoms with Gasteiger partial charge < -0.3 is 15.5 Å². The molecule has 4 heterocycles. The van der Waals surface area contributed by atoms with Crippen LogP contribution in [0.3, 0.4) is 0 Å². The summed E-state index contributed by atoms with van der Waals surface area (Å²) in [5.74, 6) is 1.97. The van der Waals surface area contributed by atoms with E-state index in [9.17, 15) is 4.79 Å². The van der Waals surface area contributed by atoms with E-state index in [-0.39, 0.29) is 11.8 Å². The molecule has 1 aliphatic carbocycles. The summed E-state index contributed by atoms with van der Waals surface area (Å²) >= 11 is 0. The van der Waals surface area contributed by atoms with Crippen molar-refractivity contribution < 1.29 is 4.79 Å². The van der Waals surface area contributed by atoms with E-state index < -0.39 is 0 Å². The monoisotopic (exact) mass is 430 g/mol. The third-order valence-electron chi connectivity index (χ3n) is 6.59. The Labute approximate surface area is 188 Å². The number of aromatic nitrogens is 3. The number of anilines is 2. The minimum Gasteiger partial charge on any atom is -0.367 e. The predicted octanol–water partition coefficient (Wildman–Crippen LogP) is 3.80. The lowest BCUT2D eigenvalue weighted by Gasteiger charge is -2.34. The largest absolute Gasteiger partial charge is 0.367 e. The normalized spacial score (nSPS) is 19.8. The van der Waals surface area contributed by atoms with Crippen molar-refractivity contribution in [3.8, 4) is 11.3 Å². The fourth-order valence-electron chi connectivity index (χ4n) is 4.81. The zero-order valence-corrected chi connectivity index (χ0v) is 18.6. The van der Waals surface area contributed by atoms with Crippen LogP contribution < -0.4 is 15.5 Å². The van der Waals surface area contributed by atoms with Crippen molar-refractivity contribution in [2.24, 2.45) is 0 Å². The topological polar surface area (TPSA) is 83.0 Å². The number of nitrogens with zero attached hydrogens (tertiary/aromatic N) is 4. The number of piperazine rings is 1. The van der Waals surface area contributed by atoms with Gasteiger partial charge in [0.2, 0.25) is 0 Å². The molecule has 3 aromatic rings. The zero-order valence-electron chi connectivity index (χ0n) is 18.6. The lowest BCUT2D eigenvalue weighted by atomic mass is 9.95. The molecule has 0 aromatic carbocycles. The predicted molar refractivity (Wildman–Crippen MR) is 128 cm³/mol. The highest BCUT2D eigenvalue weighted by molar-refractivity contribution is 5.95. The number of nitrogens with one attached hydrogen (secondary N) is 2. The molecule has 2 aliphatic rings.